The zero-order valence-corrected chi connectivity index (χ0v) is 7.86. The fourth-order valence-corrected chi connectivity index (χ4v) is 0. The van der Waals surface area contributed by atoms with Gasteiger partial charge in [-0.25, -0.2) is 0 Å². The third kappa shape index (κ3) is 31.6. The molecule has 0 amide bonds. The van der Waals surface area contributed by atoms with Crippen LogP contribution in [-0.4, -0.2) is 7.05 Å². The van der Waals surface area contributed by atoms with Crippen LogP contribution in [0.15, 0.2) is 0 Å². The number of nitrogens with one attached hydrogen (secondary N) is 1. The fraction of sp³-hybridized carbons (Fsp3) is 1.00. The summed E-state index contributed by atoms with van der Waals surface area (Å²) < 4.78 is 0. The quantitative estimate of drug-likeness (QED) is 0.396. The second-order valence-corrected chi connectivity index (χ2v) is 0. The summed E-state index contributed by atoms with van der Waals surface area (Å²) in [6.45, 7) is 0. The molecular formula is CH4Cl2HfN-3. The Balaban J connectivity index is -0.00000000167. The van der Waals surface area contributed by atoms with E-state index in [0.717, 1.165) is 0 Å². The van der Waals surface area contributed by atoms with Crippen molar-refractivity contribution in [2.45, 2.75) is 0 Å². The predicted molar refractivity (Wildman–Crippen MR) is 10.2 cm³/mol. The fourth-order valence-electron chi connectivity index (χ4n) is 0. The Kier molecular flexibility index (Phi) is 342. The van der Waals surface area contributed by atoms with Gasteiger partial charge in [-0.1, -0.05) is 0 Å². The number of halogens is 2. The molecule has 0 rings (SSSR count). The van der Waals surface area contributed by atoms with Crippen molar-refractivity contribution in [3.63, 3.8) is 0 Å². The molecule has 1 nitrogen and oxygen atoms in total. The van der Waals surface area contributed by atoms with Gasteiger partial charge < -0.3 is 30.5 Å². The van der Waals surface area contributed by atoms with Crippen LogP contribution in [0, 0.1) is 0 Å². The van der Waals surface area contributed by atoms with E-state index in [9.17, 15) is 0 Å². The summed E-state index contributed by atoms with van der Waals surface area (Å²) in [7, 11) is 1.25. The summed E-state index contributed by atoms with van der Waals surface area (Å²) in [6, 6.07) is 0. The molecule has 0 aliphatic heterocycles. The molecule has 0 atom stereocenters. The maximum absolute atomic E-state index is 5.75. The maximum Gasteiger partial charge on any atom is 0 e. The summed E-state index contributed by atoms with van der Waals surface area (Å²) >= 11 is 0. The van der Waals surface area contributed by atoms with Gasteiger partial charge in [0.2, 0.25) is 0 Å². The van der Waals surface area contributed by atoms with E-state index in [1.165, 1.54) is 7.05 Å². The van der Waals surface area contributed by atoms with Gasteiger partial charge in [0.15, 0.2) is 0 Å². The minimum absolute atomic E-state index is 0. The molecule has 0 aromatic rings. The third-order valence-corrected chi connectivity index (χ3v) is 0. The first-order valence-electron chi connectivity index (χ1n) is 0.500. The van der Waals surface area contributed by atoms with Crippen molar-refractivity contribution < 1.29 is 50.7 Å². The van der Waals surface area contributed by atoms with E-state index in [1.807, 2.05) is 0 Å². The molecule has 0 unspecified atom stereocenters. The van der Waals surface area contributed by atoms with Crippen LogP contribution >= 0.6 is 0 Å². The van der Waals surface area contributed by atoms with Crippen LogP contribution in [0.4, 0.5) is 0 Å². The summed E-state index contributed by atoms with van der Waals surface area (Å²) in [6.07, 6.45) is 0. The van der Waals surface area contributed by atoms with Crippen molar-refractivity contribution in [1.82, 2.24) is 0 Å². The van der Waals surface area contributed by atoms with Crippen LogP contribution < -0.4 is 24.8 Å². The van der Waals surface area contributed by atoms with Gasteiger partial charge in [0, 0.05) is 25.8 Å². The van der Waals surface area contributed by atoms with Gasteiger partial charge in [-0.2, -0.15) is 7.05 Å². The molecule has 0 saturated carbocycles. The minimum Gasteiger partial charge on any atom is -1.00 e. The molecule has 0 aliphatic carbocycles. The second-order valence-electron chi connectivity index (χ2n) is 0. The first-order chi connectivity index (χ1) is 1.00. The van der Waals surface area contributed by atoms with E-state index in [2.05, 4.69) is 0 Å². The molecule has 0 fully saturated rings. The molecule has 0 aromatic carbocycles. The molecule has 0 heterocycles. The summed E-state index contributed by atoms with van der Waals surface area (Å²) in [5, 5.41) is 0. The van der Waals surface area contributed by atoms with Gasteiger partial charge in [-0.15, -0.1) is 0 Å². The Morgan fingerprint density at radius 1 is 1.00 bits per heavy atom. The van der Waals surface area contributed by atoms with E-state index in [-0.39, 0.29) is 50.7 Å². The van der Waals surface area contributed by atoms with E-state index < -0.39 is 0 Å². The van der Waals surface area contributed by atoms with Crippen molar-refractivity contribution in [1.29, 1.82) is 0 Å². The standard InChI is InChI=1S/CH4N.2ClH.Hf/c1-2;;;/h2H,1H3;2*1H;/q-1;;;/p-2. The molecule has 0 spiro atoms. The molecule has 0 aliphatic rings. The predicted octanol–water partition coefficient (Wildman–Crippen LogP) is -5.33. The maximum atomic E-state index is 5.75. The first-order valence-corrected chi connectivity index (χ1v) is 0.500. The average molecular weight is 279 g/mol. The van der Waals surface area contributed by atoms with Crippen molar-refractivity contribution >= 4 is 0 Å². The zero-order chi connectivity index (χ0) is 2.00. The van der Waals surface area contributed by atoms with Crippen molar-refractivity contribution in [2.24, 2.45) is 0 Å². The smallest absolute Gasteiger partial charge is 0 e. The molecular weight excluding hydrogens is 275 g/mol. The normalized spacial score (nSPS) is 1.20. The zero-order valence-electron chi connectivity index (χ0n) is 2.76. The number of hydrogen-bond donors (Lipinski definition) is 0. The van der Waals surface area contributed by atoms with E-state index in [4.69, 9.17) is 5.73 Å². The first kappa shape index (κ1) is 32.3. The summed E-state index contributed by atoms with van der Waals surface area (Å²) in [5.74, 6) is 0. The van der Waals surface area contributed by atoms with Gasteiger partial charge in [-0.05, 0) is 0 Å². The number of hydrogen-bond acceptors (Lipinski definition) is 0. The van der Waals surface area contributed by atoms with Gasteiger partial charge >= 0.3 is 0 Å². The van der Waals surface area contributed by atoms with Gasteiger partial charge in [-0.3, -0.25) is 0 Å². The van der Waals surface area contributed by atoms with Gasteiger partial charge in [0.1, 0.15) is 0 Å². The molecule has 34 valence electrons. The van der Waals surface area contributed by atoms with E-state index in [1.54, 1.807) is 0 Å². The van der Waals surface area contributed by atoms with Crippen LogP contribution in [0.2, 0.25) is 0 Å². The molecule has 1 N–H and O–H groups in total. The monoisotopic (exact) mass is 280 g/mol. The molecule has 0 aromatic heterocycles. The Morgan fingerprint density at radius 2 is 1.00 bits per heavy atom. The molecule has 4 heteroatoms. The van der Waals surface area contributed by atoms with Crippen LogP contribution in [0.25, 0.3) is 5.73 Å². The van der Waals surface area contributed by atoms with E-state index >= 15 is 0 Å². The van der Waals surface area contributed by atoms with Crippen LogP contribution in [0.5, 0.6) is 0 Å². The third-order valence-electron chi connectivity index (χ3n) is 0. The minimum atomic E-state index is 0. The topological polar surface area (TPSA) is 23.8 Å². The molecule has 0 radical (unpaired) electrons. The SMILES string of the molecule is C[NH-].[Cl-].[Cl-].[Hf]. The van der Waals surface area contributed by atoms with Crippen molar-refractivity contribution in [2.75, 3.05) is 7.05 Å². The van der Waals surface area contributed by atoms with Crippen molar-refractivity contribution in [3.8, 4) is 0 Å². The van der Waals surface area contributed by atoms with Crippen LogP contribution in [0.3, 0.4) is 0 Å². The number of rotatable bonds is 0. The van der Waals surface area contributed by atoms with Crippen LogP contribution in [0.1, 0.15) is 0 Å². The Bertz CT molecular complexity index is 9.61. The van der Waals surface area contributed by atoms with E-state index in [0.29, 0.717) is 0 Å². The largest absolute Gasteiger partial charge is 1.00 e. The summed E-state index contributed by atoms with van der Waals surface area (Å²) in [5.41, 5.74) is 5.75. The Morgan fingerprint density at radius 3 is 1.00 bits per heavy atom. The summed E-state index contributed by atoms with van der Waals surface area (Å²) in [4.78, 5) is 0. The van der Waals surface area contributed by atoms with Gasteiger partial charge in [0.05, 0.1) is 0 Å². The molecule has 5 heavy (non-hydrogen) atoms. The second kappa shape index (κ2) is 52.9. The molecule has 0 bridgehead atoms. The average Bonchev–Trinajstić information content (AvgIpc) is 1.00. The van der Waals surface area contributed by atoms with Gasteiger partial charge in [0.25, 0.3) is 0 Å². The Labute approximate surface area is 63.3 Å². The molecule has 0 saturated heterocycles. The van der Waals surface area contributed by atoms with Crippen molar-refractivity contribution in [3.05, 3.63) is 5.73 Å². The van der Waals surface area contributed by atoms with Crippen LogP contribution in [-0.2, 0) is 25.8 Å². The Hall–Kier alpha value is 1.41.